The summed E-state index contributed by atoms with van der Waals surface area (Å²) in [5.74, 6) is 3.60. The summed E-state index contributed by atoms with van der Waals surface area (Å²) in [5.41, 5.74) is 7.15. The van der Waals surface area contributed by atoms with E-state index in [-0.39, 0.29) is 0 Å². The van der Waals surface area contributed by atoms with Gasteiger partial charge in [-0.3, -0.25) is 0 Å². The fraction of sp³-hybridized carbons (Fsp3) is 0.769. The Kier molecular flexibility index (Phi) is 4.88. The van der Waals surface area contributed by atoms with Gasteiger partial charge in [-0.05, 0) is 30.9 Å². The molecule has 4 heteroatoms. The molecule has 0 radical (unpaired) electrons. The largest absolute Gasteiger partial charge is 0.330 e. The third-order valence-corrected chi connectivity index (χ3v) is 5.77. The van der Waals surface area contributed by atoms with Gasteiger partial charge in [-0.1, -0.05) is 13.8 Å². The standard InChI is InChI=1S/C13H22N2S2/c1-9(2)7-16-8-12-15-13-10(6-14)4-3-5-11(13)17-12/h9-10H,3-8,14H2,1-2H3. The monoisotopic (exact) mass is 270 g/mol. The van der Waals surface area contributed by atoms with Crippen molar-refractivity contribution >= 4 is 23.1 Å². The minimum atomic E-state index is 0.527. The molecule has 1 aromatic rings. The lowest BCUT2D eigenvalue weighted by molar-refractivity contribution is 0.553. The molecule has 0 aliphatic heterocycles. The molecule has 2 N–H and O–H groups in total. The van der Waals surface area contributed by atoms with Gasteiger partial charge in [0.2, 0.25) is 0 Å². The minimum Gasteiger partial charge on any atom is -0.330 e. The predicted molar refractivity (Wildman–Crippen MR) is 77.8 cm³/mol. The summed E-state index contributed by atoms with van der Waals surface area (Å²) in [6.07, 6.45) is 3.74. The molecule has 2 rings (SSSR count). The van der Waals surface area contributed by atoms with E-state index >= 15 is 0 Å². The van der Waals surface area contributed by atoms with Gasteiger partial charge in [-0.25, -0.2) is 4.98 Å². The van der Waals surface area contributed by atoms with Crippen LogP contribution in [0.15, 0.2) is 0 Å². The Balaban J connectivity index is 1.98. The van der Waals surface area contributed by atoms with Crippen molar-refractivity contribution in [3.63, 3.8) is 0 Å². The van der Waals surface area contributed by atoms with Gasteiger partial charge < -0.3 is 5.73 Å². The van der Waals surface area contributed by atoms with Crippen LogP contribution in [0.1, 0.15) is 48.2 Å². The molecule has 17 heavy (non-hydrogen) atoms. The Morgan fingerprint density at radius 1 is 1.53 bits per heavy atom. The first kappa shape index (κ1) is 13.4. The molecule has 96 valence electrons. The van der Waals surface area contributed by atoms with Gasteiger partial charge in [0.15, 0.2) is 0 Å². The lowest BCUT2D eigenvalue weighted by atomic mass is 9.91. The maximum Gasteiger partial charge on any atom is 0.103 e. The molecule has 1 aliphatic carbocycles. The molecule has 0 bridgehead atoms. The first-order valence-electron chi connectivity index (χ1n) is 6.47. The molecule has 0 spiro atoms. The van der Waals surface area contributed by atoms with E-state index < -0.39 is 0 Å². The molecular weight excluding hydrogens is 248 g/mol. The number of thioether (sulfide) groups is 1. The highest BCUT2D eigenvalue weighted by Gasteiger charge is 2.23. The van der Waals surface area contributed by atoms with E-state index in [0.717, 1.165) is 18.2 Å². The summed E-state index contributed by atoms with van der Waals surface area (Å²) in [5, 5.41) is 1.31. The molecule has 1 atom stereocenters. The molecule has 0 aromatic carbocycles. The topological polar surface area (TPSA) is 38.9 Å². The van der Waals surface area contributed by atoms with Crippen LogP contribution in [0, 0.1) is 5.92 Å². The van der Waals surface area contributed by atoms with Gasteiger partial charge in [-0.15, -0.1) is 11.3 Å². The van der Waals surface area contributed by atoms with Crippen molar-refractivity contribution in [3.8, 4) is 0 Å². The molecule has 0 amide bonds. The van der Waals surface area contributed by atoms with Crippen molar-refractivity contribution < 1.29 is 0 Å². The maximum atomic E-state index is 5.83. The Hall–Kier alpha value is -0.0600. The summed E-state index contributed by atoms with van der Waals surface area (Å²) in [6, 6.07) is 0. The molecular formula is C13H22N2S2. The fourth-order valence-corrected chi connectivity index (χ4v) is 4.54. The van der Waals surface area contributed by atoms with Crippen LogP contribution in [0.25, 0.3) is 0 Å². The number of aromatic nitrogens is 1. The summed E-state index contributed by atoms with van der Waals surface area (Å²) >= 11 is 3.92. The Morgan fingerprint density at radius 3 is 3.06 bits per heavy atom. The first-order chi connectivity index (χ1) is 8.20. The number of nitrogens with zero attached hydrogens (tertiary/aromatic N) is 1. The van der Waals surface area contributed by atoms with Crippen LogP contribution in [0.4, 0.5) is 0 Å². The molecule has 0 fully saturated rings. The molecule has 1 heterocycles. The second-order valence-electron chi connectivity index (χ2n) is 5.15. The van der Waals surface area contributed by atoms with Crippen LogP contribution in [0.2, 0.25) is 0 Å². The molecule has 0 saturated carbocycles. The van der Waals surface area contributed by atoms with Crippen molar-refractivity contribution in [2.75, 3.05) is 12.3 Å². The lowest BCUT2D eigenvalue weighted by Gasteiger charge is -2.18. The van der Waals surface area contributed by atoms with E-state index in [2.05, 4.69) is 13.8 Å². The number of hydrogen-bond acceptors (Lipinski definition) is 4. The normalized spacial score (nSPS) is 19.6. The van der Waals surface area contributed by atoms with E-state index in [1.165, 1.54) is 40.6 Å². The smallest absolute Gasteiger partial charge is 0.103 e. The quantitative estimate of drug-likeness (QED) is 0.891. The number of rotatable bonds is 5. The van der Waals surface area contributed by atoms with E-state index in [4.69, 9.17) is 10.7 Å². The van der Waals surface area contributed by atoms with Gasteiger partial charge in [-0.2, -0.15) is 11.8 Å². The fourth-order valence-electron chi connectivity index (χ4n) is 2.23. The van der Waals surface area contributed by atoms with Crippen LogP contribution >= 0.6 is 23.1 Å². The van der Waals surface area contributed by atoms with Gasteiger partial charge in [0.05, 0.1) is 5.69 Å². The Bertz CT molecular complexity index is 360. The van der Waals surface area contributed by atoms with Crippen molar-refractivity contribution in [3.05, 3.63) is 15.6 Å². The average Bonchev–Trinajstić information content (AvgIpc) is 2.70. The van der Waals surface area contributed by atoms with Crippen LogP contribution in [0.5, 0.6) is 0 Å². The SMILES string of the molecule is CC(C)CSCc1nc2c(s1)CCCC2CN. The third kappa shape index (κ3) is 3.46. The van der Waals surface area contributed by atoms with E-state index in [9.17, 15) is 0 Å². The Morgan fingerprint density at radius 2 is 2.35 bits per heavy atom. The maximum absolute atomic E-state index is 5.83. The highest BCUT2D eigenvalue weighted by atomic mass is 32.2. The molecule has 1 aromatic heterocycles. The van der Waals surface area contributed by atoms with Crippen molar-refractivity contribution in [2.45, 2.75) is 44.8 Å². The van der Waals surface area contributed by atoms with Gasteiger partial charge in [0, 0.05) is 23.1 Å². The van der Waals surface area contributed by atoms with Crippen LogP contribution < -0.4 is 5.73 Å². The molecule has 1 aliphatic rings. The number of hydrogen-bond donors (Lipinski definition) is 1. The summed E-state index contributed by atoms with van der Waals surface area (Å²) in [7, 11) is 0. The zero-order chi connectivity index (χ0) is 12.3. The third-order valence-electron chi connectivity index (χ3n) is 3.08. The Labute approximate surface area is 112 Å². The van der Waals surface area contributed by atoms with Gasteiger partial charge in [0.1, 0.15) is 5.01 Å². The molecule has 1 unspecified atom stereocenters. The highest BCUT2D eigenvalue weighted by molar-refractivity contribution is 7.98. The highest BCUT2D eigenvalue weighted by Crippen LogP contribution is 2.35. The lowest BCUT2D eigenvalue weighted by Crippen LogP contribution is -2.17. The molecule has 0 saturated heterocycles. The zero-order valence-corrected chi connectivity index (χ0v) is 12.4. The van der Waals surface area contributed by atoms with Crippen LogP contribution in [0.3, 0.4) is 0 Å². The minimum absolute atomic E-state index is 0.527. The molecule has 2 nitrogen and oxygen atoms in total. The summed E-state index contributed by atoms with van der Waals surface area (Å²) < 4.78 is 0. The average molecular weight is 270 g/mol. The van der Waals surface area contributed by atoms with Gasteiger partial charge >= 0.3 is 0 Å². The number of aryl methyl sites for hydroxylation is 1. The van der Waals surface area contributed by atoms with E-state index in [1.807, 2.05) is 23.1 Å². The van der Waals surface area contributed by atoms with Crippen molar-refractivity contribution in [2.24, 2.45) is 11.7 Å². The number of thiazole rings is 1. The second kappa shape index (κ2) is 6.21. The van der Waals surface area contributed by atoms with Gasteiger partial charge in [0.25, 0.3) is 0 Å². The zero-order valence-electron chi connectivity index (χ0n) is 10.7. The van der Waals surface area contributed by atoms with Crippen LogP contribution in [-0.2, 0) is 12.2 Å². The van der Waals surface area contributed by atoms with Crippen molar-refractivity contribution in [1.29, 1.82) is 0 Å². The number of nitrogens with two attached hydrogens (primary N) is 1. The van der Waals surface area contributed by atoms with Crippen LogP contribution in [-0.4, -0.2) is 17.3 Å². The summed E-state index contributed by atoms with van der Waals surface area (Å²) in [4.78, 5) is 6.32. The van der Waals surface area contributed by atoms with E-state index in [0.29, 0.717) is 5.92 Å². The van der Waals surface area contributed by atoms with Crippen molar-refractivity contribution in [1.82, 2.24) is 4.98 Å². The van der Waals surface area contributed by atoms with E-state index in [1.54, 1.807) is 0 Å². The predicted octanol–water partition coefficient (Wildman–Crippen LogP) is 3.41. The second-order valence-corrected chi connectivity index (χ2v) is 7.35. The number of fused-ring (bicyclic) bond motifs is 1. The summed E-state index contributed by atoms with van der Waals surface area (Å²) in [6.45, 7) is 5.30. The first-order valence-corrected chi connectivity index (χ1v) is 8.44.